The molecule has 0 spiro atoms. The molecule has 118 valence electrons. The van der Waals surface area contributed by atoms with Gasteiger partial charge in [-0.3, -0.25) is 0 Å². The van der Waals surface area contributed by atoms with E-state index in [4.69, 9.17) is 0 Å². The van der Waals surface area contributed by atoms with Crippen LogP contribution in [0.15, 0.2) is 11.6 Å². The van der Waals surface area contributed by atoms with Gasteiger partial charge in [-0.15, -0.1) is 0 Å². The zero-order valence-electron chi connectivity index (χ0n) is 14.5. The monoisotopic (exact) mass is 286 g/mol. The number of hydrogen-bond acceptors (Lipinski definition) is 0. The van der Waals surface area contributed by atoms with Gasteiger partial charge in [-0.05, 0) is 92.8 Å². The molecular formula is C21H34. The molecule has 6 unspecified atom stereocenters. The Labute approximate surface area is 131 Å². The molecule has 0 bridgehead atoms. The van der Waals surface area contributed by atoms with Gasteiger partial charge in [-0.1, -0.05) is 38.3 Å². The molecule has 21 heavy (non-hydrogen) atoms. The van der Waals surface area contributed by atoms with Crippen LogP contribution in [0.5, 0.6) is 0 Å². The van der Waals surface area contributed by atoms with Gasteiger partial charge in [0, 0.05) is 0 Å². The van der Waals surface area contributed by atoms with Crippen LogP contribution in [0.2, 0.25) is 0 Å². The number of rotatable bonds is 0. The van der Waals surface area contributed by atoms with Crippen LogP contribution in [0.4, 0.5) is 0 Å². The third kappa shape index (κ3) is 1.86. The van der Waals surface area contributed by atoms with Crippen molar-refractivity contribution in [2.45, 2.75) is 85.0 Å². The highest BCUT2D eigenvalue weighted by molar-refractivity contribution is 5.23. The standard InChI is InChI=1S/C21H34/c1-4-15-9-11-18-17-10-8-16-7-5-6-13-20(16,2)19(17)12-14-21(15,18)3/h4,16-19H,5-14H2,1-3H3/b15-4-. The van der Waals surface area contributed by atoms with E-state index in [2.05, 4.69) is 26.8 Å². The van der Waals surface area contributed by atoms with Crippen LogP contribution in [0.3, 0.4) is 0 Å². The van der Waals surface area contributed by atoms with E-state index < -0.39 is 0 Å². The Morgan fingerprint density at radius 1 is 0.905 bits per heavy atom. The Bertz CT molecular complexity index is 447. The van der Waals surface area contributed by atoms with Crippen LogP contribution >= 0.6 is 0 Å². The van der Waals surface area contributed by atoms with E-state index in [0.29, 0.717) is 10.8 Å². The molecule has 0 saturated heterocycles. The number of allylic oxidation sites excluding steroid dienone is 2. The van der Waals surface area contributed by atoms with E-state index in [1.165, 1.54) is 38.5 Å². The van der Waals surface area contributed by atoms with E-state index in [0.717, 1.165) is 23.7 Å². The van der Waals surface area contributed by atoms with Gasteiger partial charge in [-0.2, -0.15) is 0 Å². The van der Waals surface area contributed by atoms with Crippen LogP contribution in [0.1, 0.15) is 85.0 Å². The second-order valence-corrected chi connectivity index (χ2v) is 9.21. The van der Waals surface area contributed by atoms with Gasteiger partial charge in [0.05, 0.1) is 0 Å². The fraction of sp³-hybridized carbons (Fsp3) is 0.905. The van der Waals surface area contributed by atoms with Crippen LogP contribution < -0.4 is 0 Å². The molecule has 0 aromatic carbocycles. The van der Waals surface area contributed by atoms with Crippen molar-refractivity contribution in [3.05, 3.63) is 11.6 Å². The molecule has 0 amide bonds. The Balaban J connectivity index is 1.66. The van der Waals surface area contributed by atoms with E-state index in [9.17, 15) is 0 Å². The van der Waals surface area contributed by atoms with Gasteiger partial charge in [0.1, 0.15) is 0 Å². The lowest BCUT2D eigenvalue weighted by Gasteiger charge is -2.60. The van der Waals surface area contributed by atoms with Crippen molar-refractivity contribution in [2.75, 3.05) is 0 Å². The molecule has 4 saturated carbocycles. The SMILES string of the molecule is C/C=C1/CCC2C3CCC4CCCCC4(C)C3CCC12C. The van der Waals surface area contributed by atoms with Gasteiger partial charge in [0.2, 0.25) is 0 Å². The maximum Gasteiger partial charge on any atom is -0.00853 e. The zero-order valence-corrected chi connectivity index (χ0v) is 14.5. The Kier molecular flexibility index (Phi) is 3.32. The van der Waals surface area contributed by atoms with E-state index >= 15 is 0 Å². The predicted octanol–water partition coefficient (Wildman–Crippen LogP) is 6.37. The van der Waals surface area contributed by atoms with Crippen molar-refractivity contribution >= 4 is 0 Å². The molecule has 0 aromatic heterocycles. The quantitative estimate of drug-likeness (QED) is 0.454. The summed E-state index contributed by atoms with van der Waals surface area (Å²) < 4.78 is 0. The molecule has 4 rings (SSSR count). The lowest BCUT2D eigenvalue weighted by atomic mass is 9.45. The summed E-state index contributed by atoms with van der Waals surface area (Å²) in [6.07, 6.45) is 17.6. The third-order valence-electron chi connectivity index (χ3n) is 8.78. The Morgan fingerprint density at radius 2 is 1.76 bits per heavy atom. The molecular weight excluding hydrogens is 252 g/mol. The molecule has 4 aliphatic carbocycles. The summed E-state index contributed by atoms with van der Waals surface area (Å²) in [6, 6.07) is 0. The van der Waals surface area contributed by atoms with Gasteiger partial charge < -0.3 is 0 Å². The topological polar surface area (TPSA) is 0 Å². The molecule has 4 fully saturated rings. The molecule has 0 N–H and O–H groups in total. The molecule has 0 heterocycles. The lowest BCUT2D eigenvalue weighted by molar-refractivity contribution is -0.0972. The molecule has 0 aliphatic heterocycles. The van der Waals surface area contributed by atoms with E-state index in [1.807, 2.05) is 5.57 Å². The number of hydrogen-bond donors (Lipinski definition) is 0. The zero-order chi connectivity index (χ0) is 14.7. The normalized spacial score (nSPS) is 54.9. The van der Waals surface area contributed by atoms with Gasteiger partial charge in [0.15, 0.2) is 0 Å². The highest BCUT2D eigenvalue weighted by Gasteiger charge is 2.58. The van der Waals surface area contributed by atoms with Crippen LogP contribution in [-0.4, -0.2) is 0 Å². The second kappa shape index (κ2) is 4.87. The summed E-state index contributed by atoms with van der Waals surface area (Å²) in [4.78, 5) is 0. The molecule has 0 radical (unpaired) electrons. The first-order chi connectivity index (χ1) is 10.1. The maximum atomic E-state index is 2.70. The minimum absolute atomic E-state index is 0.577. The smallest absolute Gasteiger partial charge is 0.00853 e. The average molecular weight is 287 g/mol. The first-order valence-corrected chi connectivity index (χ1v) is 9.75. The largest absolute Gasteiger partial charge is 0.0879 e. The molecule has 4 aliphatic rings. The predicted molar refractivity (Wildman–Crippen MR) is 90.1 cm³/mol. The molecule has 0 nitrogen and oxygen atoms in total. The van der Waals surface area contributed by atoms with Crippen molar-refractivity contribution < 1.29 is 0 Å². The van der Waals surface area contributed by atoms with Crippen LogP contribution in [0.25, 0.3) is 0 Å². The van der Waals surface area contributed by atoms with Gasteiger partial charge in [0.25, 0.3) is 0 Å². The Morgan fingerprint density at radius 3 is 2.57 bits per heavy atom. The van der Waals surface area contributed by atoms with Crippen molar-refractivity contribution in [3.63, 3.8) is 0 Å². The van der Waals surface area contributed by atoms with E-state index in [1.54, 1.807) is 25.7 Å². The minimum Gasteiger partial charge on any atom is -0.0879 e. The Hall–Kier alpha value is -0.260. The lowest BCUT2D eigenvalue weighted by Crippen LogP contribution is -2.52. The van der Waals surface area contributed by atoms with Crippen molar-refractivity contribution in [2.24, 2.45) is 34.5 Å². The van der Waals surface area contributed by atoms with Gasteiger partial charge >= 0.3 is 0 Å². The van der Waals surface area contributed by atoms with Gasteiger partial charge in [-0.25, -0.2) is 0 Å². The minimum atomic E-state index is 0.577. The van der Waals surface area contributed by atoms with E-state index in [-0.39, 0.29) is 0 Å². The van der Waals surface area contributed by atoms with Crippen LogP contribution in [-0.2, 0) is 0 Å². The highest BCUT2D eigenvalue weighted by atomic mass is 14.6. The molecule has 0 aromatic rings. The summed E-state index contributed by atoms with van der Waals surface area (Å²) in [5, 5.41) is 0. The fourth-order valence-corrected chi connectivity index (χ4v) is 7.62. The third-order valence-corrected chi connectivity index (χ3v) is 8.78. The maximum absolute atomic E-state index is 2.70. The summed E-state index contributed by atoms with van der Waals surface area (Å²) in [6.45, 7) is 7.60. The summed E-state index contributed by atoms with van der Waals surface area (Å²) in [5.41, 5.74) is 3.09. The van der Waals surface area contributed by atoms with Crippen molar-refractivity contribution in [1.29, 1.82) is 0 Å². The fourth-order valence-electron chi connectivity index (χ4n) is 7.62. The van der Waals surface area contributed by atoms with Crippen LogP contribution in [0, 0.1) is 34.5 Å². The summed E-state index contributed by atoms with van der Waals surface area (Å²) in [5.74, 6) is 4.20. The van der Waals surface area contributed by atoms with Crippen molar-refractivity contribution in [3.8, 4) is 0 Å². The first-order valence-electron chi connectivity index (χ1n) is 9.75. The molecule has 6 atom stereocenters. The summed E-state index contributed by atoms with van der Waals surface area (Å²) >= 11 is 0. The van der Waals surface area contributed by atoms with Crippen molar-refractivity contribution in [1.82, 2.24) is 0 Å². The highest BCUT2D eigenvalue weighted by Crippen LogP contribution is 2.67. The molecule has 0 heteroatoms. The average Bonchev–Trinajstić information content (AvgIpc) is 2.83. The number of fused-ring (bicyclic) bond motifs is 5. The first kappa shape index (κ1) is 14.3. The second-order valence-electron chi connectivity index (χ2n) is 9.21. The summed E-state index contributed by atoms with van der Waals surface area (Å²) in [7, 11) is 0.